The first-order valence-electron chi connectivity index (χ1n) is 4.36. The number of benzene rings is 1. The van der Waals surface area contributed by atoms with Gasteiger partial charge in [-0.2, -0.15) is 0 Å². The molecule has 74 valence electrons. The van der Waals surface area contributed by atoms with E-state index in [9.17, 15) is 4.79 Å². The second kappa shape index (κ2) is 3.83. The number of carboxylic acids is 1. The van der Waals surface area contributed by atoms with E-state index < -0.39 is 5.97 Å². The Hall–Kier alpha value is -0.670. The number of hydrogen-bond acceptors (Lipinski definition) is 2. The predicted molar refractivity (Wildman–Crippen MR) is 57.3 cm³/mol. The van der Waals surface area contributed by atoms with Crippen LogP contribution in [-0.2, 0) is 0 Å². The third kappa shape index (κ3) is 2.42. The Labute approximate surface area is 91.3 Å². The van der Waals surface area contributed by atoms with Crippen LogP contribution >= 0.6 is 23.4 Å². The normalized spacial score (nSPS) is 15.5. The van der Waals surface area contributed by atoms with Crippen LogP contribution in [0.25, 0.3) is 0 Å². The number of rotatable bonds is 3. The molecular weight excluding hydrogens is 220 g/mol. The van der Waals surface area contributed by atoms with Crippen LogP contribution in [0.2, 0.25) is 5.02 Å². The molecule has 0 heterocycles. The maximum atomic E-state index is 10.7. The first kappa shape index (κ1) is 9.87. The van der Waals surface area contributed by atoms with Crippen LogP contribution in [0.5, 0.6) is 0 Å². The molecule has 1 aliphatic rings. The Morgan fingerprint density at radius 1 is 1.43 bits per heavy atom. The number of aromatic carboxylic acids is 1. The Bertz CT molecular complexity index is 374. The van der Waals surface area contributed by atoms with E-state index in [0.717, 1.165) is 4.90 Å². The molecule has 1 aliphatic carbocycles. The van der Waals surface area contributed by atoms with Crippen molar-refractivity contribution >= 4 is 29.3 Å². The molecule has 0 aromatic heterocycles. The minimum Gasteiger partial charge on any atom is -0.478 e. The fourth-order valence-corrected chi connectivity index (χ4v) is 2.58. The van der Waals surface area contributed by atoms with Crippen LogP contribution in [0, 0.1) is 0 Å². The zero-order valence-corrected chi connectivity index (χ0v) is 8.94. The van der Waals surface area contributed by atoms with Gasteiger partial charge in [-0.1, -0.05) is 11.6 Å². The molecule has 4 heteroatoms. The van der Waals surface area contributed by atoms with Crippen LogP contribution in [0.1, 0.15) is 23.2 Å². The quantitative estimate of drug-likeness (QED) is 0.863. The lowest BCUT2D eigenvalue weighted by molar-refractivity contribution is 0.0696. The summed E-state index contributed by atoms with van der Waals surface area (Å²) >= 11 is 7.53. The summed E-state index contributed by atoms with van der Waals surface area (Å²) in [5, 5.41) is 9.97. The molecule has 0 aliphatic heterocycles. The molecule has 0 saturated heterocycles. The zero-order chi connectivity index (χ0) is 10.1. The van der Waals surface area contributed by atoms with Gasteiger partial charge in [-0.25, -0.2) is 4.79 Å². The zero-order valence-electron chi connectivity index (χ0n) is 7.37. The van der Waals surface area contributed by atoms with Gasteiger partial charge in [0.15, 0.2) is 0 Å². The second-order valence-corrected chi connectivity index (χ2v) is 5.11. The topological polar surface area (TPSA) is 37.3 Å². The molecule has 2 rings (SSSR count). The van der Waals surface area contributed by atoms with E-state index in [-0.39, 0.29) is 5.56 Å². The SMILES string of the molecule is O=C(O)c1cc(Cl)cc(SC2CC2)c1. The summed E-state index contributed by atoms with van der Waals surface area (Å²) in [7, 11) is 0. The molecule has 0 amide bonds. The van der Waals surface area contributed by atoms with Crippen molar-refractivity contribution in [2.75, 3.05) is 0 Å². The number of carboxylic acid groups (broad SMARTS) is 1. The molecule has 1 aromatic carbocycles. The third-order valence-corrected chi connectivity index (χ3v) is 3.48. The maximum absolute atomic E-state index is 10.7. The molecule has 0 atom stereocenters. The monoisotopic (exact) mass is 228 g/mol. The van der Waals surface area contributed by atoms with Crippen molar-refractivity contribution in [2.24, 2.45) is 0 Å². The fraction of sp³-hybridized carbons (Fsp3) is 0.300. The van der Waals surface area contributed by atoms with Crippen LogP contribution in [0.15, 0.2) is 23.1 Å². The molecule has 2 nitrogen and oxygen atoms in total. The van der Waals surface area contributed by atoms with E-state index in [1.165, 1.54) is 18.9 Å². The highest BCUT2D eigenvalue weighted by Gasteiger charge is 2.23. The molecule has 0 radical (unpaired) electrons. The summed E-state index contributed by atoms with van der Waals surface area (Å²) in [4.78, 5) is 11.7. The Kier molecular flexibility index (Phi) is 2.70. The Balaban J connectivity index is 2.25. The minimum atomic E-state index is -0.926. The van der Waals surface area contributed by atoms with Crippen molar-refractivity contribution in [2.45, 2.75) is 23.0 Å². The number of carbonyl (C=O) groups is 1. The van der Waals surface area contributed by atoms with E-state index in [4.69, 9.17) is 16.7 Å². The van der Waals surface area contributed by atoms with Crippen LogP contribution in [-0.4, -0.2) is 16.3 Å². The molecule has 14 heavy (non-hydrogen) atoms. The van der Waals surface area contributed by atoms with Gasteiger partial charge in [-0.05, 0) is 31.0 Å². The van der Waals surface area contributed by atoms with Gasteiger partial charge in [0.2, 0.25) is 0 Å². The van der Waals surface area contributed by atoms with Crippen molar-refractivity contribution in [3.8, 4) is 0 Å². The van der Waals surface area contributed by atoms with Crippen molar-refractivity contribution in [1.82, 2.24) is 0 Å². The summed E-state index contributed by atoms with van der Waals surface area (Å²) in [5.74, 6) is -0.926. The summed E-state index contributed by atoms with van der Waals surface area (Å²) < 4.78 is 0. The summed E-state index contributed by atoms with van der Waals surface area (Å²) in [6.45, 7) is 0. The summed E-state index contributed by atoms with van der Waals surface area (Å²) in [5.41, 5.74) is 0.264. The summed E-state index contributed by atoms with van der Waals surface area (Å²) in [6, 6.07) is 4.97. The van der Waals surface area contributed by atoms with Gasteiger partial charge in [0.25, 0.3) is 0 Å². The maximum Gasteiger partial charge on any atom is 0.335 e. The van der Waals surface area contributed by atoms with E-state index in [2.05, 4.69) is 0 Å². The van der Waals surface area contributed by atoms with E-state index in [0.29, 0.717) is 10.3 Å². The second-order valence-electron chi connectivity index (χ2n) is 3.30. The van der Waals surface area contributed by atoms with E-state index in [1.807, 2.05) is 6.07 Å². The van der Waals surface area contributed by atoms with E-state index >= 15 is 0 Å². The molecule has 0 bridgehead atoms. The van der Waals surface area contributed by atoms with Crippen LogP contribution in [0.4, 0.5) is 0 Å². The highest BCUT2D eigenvalue weighted by molar-refractivity contribution is 8.00. The average Bonchev–Trinajstić information content (AvgIpc) is 2.87. The van der Waals surface area contributed by atoms with Crippen LogP contribution in [0.3, 0.4) is 0 Å². The third-order valence-electron chi connectivity index (χ3n) is 1.95. The summed E-state index contributed by atoms with van der Waals surface area (Å²) in [6.07, 6.45) is 2.44. The number of thioether (sulfide) groups is 1. The van der Waals surface area contributed by atoms with Crippen molar-refractivity contribution in [3.63, 3.8) is 0 Å². The van der Waals surface area contributed by atoms with Gasteiger partial charge in [-0.3, -0.25) is 0 Å². The molecule has 1 N–H and O–H groups in total. The number of hydrogen-bond donors (Lipinski definition) is 1. The molecular formula is C10H9ClO2S. The Morgan fingerprint density at radius 3 is 2.71 bits per heavy atom. The lowest BCUT2D eigenvalue weighted by Gasteiger charge is -2.02. The molecule has 1 fully saturated rings. The first-order valence-corrected chi connectivity index (χ1v) is 5.61. The van der Waals surface area contributed by atoms with Crippen molar-refractivity contribution in [1.29, 1.82) is 0 Å². The molecule has 1 saturated carbocycles. The molecule has 0 spiro atoms. The van der Waals surface area contributed by atoms with Crippen molar-refractivity contribution < 1.29 is 9.90 Å². The smallest absolute Gasteiger partial charge is 0.335 e. The van der Waals surface area contributed by atoms with Gasteiger partial charge in [0, 0.05) is 15.2 Å². The van der Waals surface area contributed by atoms with Gasteiger partial charge in [0.05, 0.1) is 5.56 Å². The van der Waals surface area contributed by atoms with Gasteiger partial charge in [-0.15, -0.1) is 11.8 Å². The predicted octanol–water partition coefficient (Wildman–Crippen LogP) is 3.29. The fourth-order valence-electron chi connectivity index (χ4n) is 1.13. The lowest BCUT2D eigenvalue weighted by Crippen LogP contribution is -1.96. The van der Waals surface area contributed by atoms with Gasteiger partial charge < -0.3 is 5.11 Å². The first-order chi connectivity index (χ1) is 6.65. The molecule has 0 unspecified atom stereocenters. The molecule has 1 aromatic rings. The van der Waals surface area contributed by atoms with E-state index in [1.54, 1.807) is 17.8 Å². The van der Waals surface area contributed by atoms with Crippen molar-refractivity contribution in [3.05, 3.63) is 28.8 Å². The minimum absolute atomic E-state index is 0.264. The highest BCUT2D eigenvalue weighted by Crippen LogP contribution is 2.40. The highest BCUT2D eigenvalue weighted by atomic mass is 35.5. The van der Waals surface area contributed by atoms with Gasteiger partial charge >= 0.3 is 5.97 Å². The van der Waals surface area contributed by atoms with Gasteiger partial charge in [0.1, 0.15) is 0 Å². The standard InChI is InChI=1S/C10H9ClO2S/c11-7-3-6(10(12)13)4-9(5-7)14-8-1-2-8/h3-5,8H,1-2H2,(H,12,13). The van der Waals surface area contributed by atoms with Crippen LogP contribution < -0.4 is 0 Å². The number of halogens is 1. The lowest BCUT2D eigenvalue weighted by atomic mass is 10.2. The average molecular weight is 229 g/mol. The Morgan fingerprint density at radius 2 is 2.14 bits per heavy atom. The largest absolute Gasteiger partial charge is 0.478 e.